The molecule has 6 heteroatoms. The Balaban J connectivity index is 2.19. The number of nitrogens with zero attached hydrogens (tertiary/aromatic N) is 1. The highest BCUT2D eigenvalue weighted by Gasteiger charge is 2.56. The van der Waals surface area contributed by atoms with E-state index in [-0.39, 0.29) is 6.04 Å². The fourth-order valence-corrected chi connectivity index (χ4v) is 4.09. The van der Waals surface area contributed by atoms with Crippen molar-refractivity contribution in [1.29, 1.82) is 5.26 Å². The summed E-state index contributed by atoms with van der Waals surface area (Å²) in [5, 5.41) is 12.3. The van der Waals surface area contributed by atoms with Crippen LogP contribution in [0.4, 0.5) is 5.69 Å². The smallest absolute Gasteiger partial charge is 0.155 e. The first-order valence-corrected chi connectivity index (χ1v) is 8.23. The zero-order valence-electron chi connectivity index (χ0n) is 10.8. The van der Waals surface area contributed by atoms with Crippen molar-refractivity contribution in [3.05, 3.63) is 28.8 Å². The third-order valence-electron chi connectivity index (χ3n) is 3.74. The molecule has 1 aromatic rings. The van der Waals surface area contributed by atoms with Crippen LogP contribution in [0, 0.1) is 11.3 Å². The van der Waals surface area contributed by atoms with E-state index in [0.29, 0.717) is 23.4 Å². The van der Waals surface area contributed by atoms with E-state index >= 15 is 0 Å². The zero-order valence-corrected chi connectivity index (χ0v) is 12.3. The third kappa shape index (κ3) is 2.56. The fraction of sp³-hybridized carbons (Fsp3) is 0.462. The first-order chi connectivity index (χ1) is 8.80. The SMILES string of the molecule is CC(Nc1ccc(C#N)c(Cl)c1)C1(S(C)(=O)=O)CC1. The van der Waals surface area contributed by atoms with Crippen molar-refractivity contribution >= 4 is 27.1 Å². The van der Waals surface area contributed by atoms with Crippen LogP contribution in [-0.4, -0.2) is 25.5 Å². The lowest BCUT2D eigenvalue weighted by molar-refractivity contribution is 0.568. The Kier molecular flexibility index (Phi) is 3.50. The van der Waals surface area contributed by atoms with Crippen molar-refractivity contribution in [2.45, 2.75) is 30.6 Å². The average molecular weight is 299 g/mol. The largest absolute Gasteiger partial charge is 0.381 e. The van der Waals surface area contributed by atoms with Gasteiger partial charge in [0.25, 0.3) is 0 Å². The number of hydrogen-bond donors (Lipinski definition) is 1. The molecule has 0 saturated heterocycles. The highest BCUT2D eigenvalue weighted by Crippen LogP contribution is 2.47. The predicted octanol–water partition coefficient (Wildman–Crippen LogP) is 2.59. The number of anilines is 1. The molecule has 0 aliphatic heterocycles. The molecule has 1 aromatic carbocycles. The van der Waals surface area contributed by atoms with Crippen LogP contribution in [0.3, 0.4) is 0 Å². The van der Waals surface area contributed by atoms with Crippen molar-refractivity contribution in [3.63, 3.8) is 0 Å². The van der Waals surface area contributed by atoms with E-state index in [0.717, 1.165) is 5.69 Å². The second kappa shape index (κ2) is 4.69. The van der Waals surface area contributed by atoms with Gasteiger partial charge in [-0.3, -0.25) is 0 Å². The molecule has 4 nitrogen and oxygen atoms in total. The van der Waals surface area contributed by atoms with Crippen molar-refractivity contribution in [3.8, 4) is 6.07 Å². The number of hydrogen-bond acceptors (Lipinski definition) is 4. The summed E-state index contributed by atoms with van der Waals surface area (Å²) in [5.74, 6) is 0. The van der Waals surface area contributed by atoms with E-state index < -0.39 is 14.6 Å². The van der Waals surface area contributed by atoms with Crippen LogP contribution in [0.1, 0.15) is 25.3 Å². The molecule has 19 heavy (non-hydrogen) atoms. The lowest BCUT2D eigenvalue weighted by atomic mass is 10.1. The standard InChI is InChI=1S/C13H15ClN2O2S/c1-9(13(5-6-13)19(2,17)18)16-11-4-3-10(8-15)12(14)7-11/h3-4,7,9,16H,5-6H2,1-2H3. The summed E-state index contributed by atoms with van der Waals surface area (Å²) in [6, 6.07) is 6.80. The van der Waals surface area contributed by atoms with Crippen LogP contribution in [0.5, 0.6) is 0 Å². The minimum atomic E-state index is -3.08. The molecule has 102 valence electrons. The first kappa shape index (κ1) is 14.2. The van der Waals surface area contributed by atoms with E-state index in [1.165, 1.54) is 6.26 Å². The van der Waals surface area contributed by atoms with Crippen molar-refractivity contribution in [2.75, 3.05) is 11.6 Å². The first-order valence-electron chi connectivity index (χ1n) is 5.96. The van der Waals surface area contributed by atoms with Gasteiger partial charge in [0.2, 0.25) is 0 Å². The average Bonchev–Trinajstić information content (AvgIpc) is 3.09. The highest BCUT2D eigenvalue weighted by molar-refractivity contribution is 7.92. The third-order valence-corrected chi connectivity index (χ3v) is 6.29. The minimum Gasteiger partial charge on any atom is -0.381 e. The quantitative estimate of drug-likeness (QED) is 0.927. The van der Waals surface area contributed by atoms with Crippen LogP contribution < -0.4 is 5.32 Å². The second-order valence-electron chi connectivity index (χ2n) is 5.01. The molecule has 0 spiro atoms. The van der Waals surface area contributed by atoms with Crippen molar-refractivity contribution < 1.29 is 8.42 Å². The van der Waals surface area contributed by atoms with Crippen LogP contribution in [0.25, 0.3) is 0 Å². The molecule has 2 rings (SSSR count). The molecule has 1 fully saturated rings. The van der Waals surface area contributed by atoms with Gasteiger partial charge in [-0.2, -0.15) is 5.26 Å². The number of nitriles is 1. The van der Waals surface area contributed by atoms with Crippen LogP contribution >= 0.6 is 11.6 Å². The molecule has 0 aromatic heterocycles. The van der Waals surface area contributed by atoms with Gasteiger partial charge in [0, 0.05) is 18.0 Å². The lowest BCUT2D eigenvalue weighted by Crippen LogP contribution is -2.39. The summed E-state index contributed by atoms with van der Waals surface area (Å²) in [5.41, 5.74) is 1.13. The van der Waals surface area contributed by atoms with Gasteiger partial charge in [-0.05, 0) is 38.0 Å². The number of rotatable bonds is 4. The molecular formula is C13H15ClN2O2S. The van der Waals surface area contributed by atoms with Gasteiger partial charge in [0.1, 0.15) is 6.07 Å². The molecule has 0 amide bonds. The Labute approximate surface area is 118 Å². The molecule has 1 saturated carbocycles. The minimum absolute atomic E-state index is 0.188. The summed E-state index contributed by atoms with van der Waals surface area (Å²) in [6.07, 6.45) is 2.65. The molecule has 0 bridgehead atoms. The van der Waals surface area contributed by atoms with E-state index in [4.69, 9.17) is 16.9 Å². The number of halogens is 1. The second-order valence-corrected chi connectivity index (χ2v) is 7.77. The topological polar surface area (TPSA) is 70.0 Å². The van der Waals surface area contributed by atoms with Crippen molar-refractivity contribution in [1.82, 2.24) is 0 Å². The summed E-state index contributed by atoms with van der Waals surface area (Å²) in [7, 11) is -3.08. The van der Waals surface area contributed by atoms with E-state index in [9.17, 15) is 8.42 Å². The maximum Gasteiger partial charge on any atom is 0.155 e. The molecule has 0 heterocycles. The number of benzene rings is 1. The van der Waals surface area contributed by atoms with Gasteiger partial charge in [-0.1, -0.05) is 11.6 Å². The summed E-state index contributed by atoms with van der Waals surface area (Å²) in [4.78, 5) is 0. The van der Waals surface area contributed by atoms with Gasteiger partial charge in [-0.15, -0.1) is 0 Å². The van der Waals surface area contributed by atoms with E-state index in [2.05, 4.69) is 5.32 Å². The number of sulfone groups is 1. The lowest BCUT2D eigenvalue weighted by Gasteiger charge is -2.24. The van der Waals surface area contributed by atoms with E-state index in [1.807, 2.05) is 13.0 Å². The fourth-order valence-electron chi connectivity index (χ4n) is 2.33. The molecule has 1 N–H and O–H groups in total. The van der Waals surface area contributed by atoms with Crippen LogP contribution in [0.2, 0.25) is 5.02 Å². The van der Waals surface area contributed by atoms with Gasteiger partial charge in [0.15, 0.2) is 9.84 Å². The Morgan fingerprint density at radius 1 is 1.47 bits per heavy atom. The monoisotopic (exact) mass is 298 g/mol. The summed E-state index contributed by atoms with van der Waals surface area (Å²) in [6.45, 7) is 1.86. The van der Waals surface area contributed by atoms with Crippen LogP contribution in [-0.2, 0) is 9.84 Å². The molecular weight excluding hydrogens is 284 g/mol. The predicted molar refractivity (Wildman–Crippen MR) is 76.1 cm³/mol. The normalized spacial score (nSPS) is 18.4. The Morgan fingerprint density at radius 3 is 2.53 bits per heavy atom. The summed E-state index contributed by atoms with van der Waals surface area (Å²) >= 11 is 5.95. The van der Waals surface area contributed by atoms with Gasteiger partial charge >= 0.3 is 0 Å². The Bertz CT molecular complexity index is 645. The summed E-state index contributed by atoms with van der Waals surface area (Å²) < 4.78 is 23.0. The van der Waals surface area contributed by atoms with Gasteiger partial charge in [0.05, 0.1) is 15.3 Å². The molecule has 1 aliphatic carbocycles. The van der Waals surface area contributed by atoms with Crippen molar-refractivity contribution in [2.24, 2.45) is 0 Å². The molecule has 1 aliphatic rings. The van der Waals surface area contributed by atoms with Gasteiger partial charge in [-0.25, -0.2) is 8.42 Å². The zero-order chi connectivity index (χ0) is 14.3. The molecule has 0 radical (unpaired) electrons. The maximum atomic E-state index is 11.8. The maximum absolute atomic E-state index is 11.8. The molecule has 1 unspecified atom stereocenters. The Hall–Kier alpha value is -1.25. The number of nitrogens with one attached hydrogen (secondary N) is 1. The molecule has 1 atom stereocenters. The van der Waals surface area contributed by atoms with Gasteiger partial charge < -0.3 is 5.32 Å². The Morgan fingerprint density at radius 2 is 2.11 bits per heavy atom. The van der Waals surface area contributed by atoms with Crippen LogP contribution in [0.15, 0.2) is 18.2 Å². The van der Waals surface area contributed by atoms with E-state index in [1.54, 1.807) is 18.2 Å². The highest BCUT2D eigenvalue weighted by atomic mass is 35.5.